The number of hydrogen-bond donors (Lipinski definition) is 0. The Morgan fingerprint density at radius 1 is 0.630 bits per heavy atom. The van der Waals surface area contributed by atoms with E-state index in [1.165, 1.54) is 88.6 Å². The molecule has 5 aromatic rings. The summed E-state index contributed by atoms with van der Waals surface area (Å²) in [6, 6.07) is 31.3. The second-order valence-corrected chi connectivity index (χ2v) is 15.5. The number of benzene rings is 5. The summed E-state index contributed by atoms with van der Waals surface area (Å²) in [5.41, 5.74) is 16.6. The zero-order valence-electron chi connectivity index (χ0n) is 34.0. The predicted molar refractivity (Wildman–Crippen MR) is 239 cm³/mol. The van der Waals surface area contributed by atoms with Crippen LogP contribution in [0.5, 0.6) is 0 Å². The van der Waals surface area contributed by atoms with E-state index in [1.54, 1.807) is 0 Å². The first-order valence-corrected chi connectivity index (χ1v) is 19.8. The lowest BCUT2D eigenvalue weighted by molar-refractivity contribution is 0.500. The summed E-state index contributed by atoms with van der Waals surface area (Å²) < 4.78 is 0. The van der Waals surface area contributed by atoms with E-state index < -0.39 is 0 Å². The monoisotopic (exact) mass is 709 g/mol. The van der Waals surface area contributed by atoms with E-state index in [-0.39, 0.29) is 17.9 Å². The lowest BCUT2D eigenvalue weighted by Gasteiger charge is -2.44. The molecule has 6 rings (SSSR count). The third kappa shape index (κ3) is 7.09. The molecule has 4 unspecified atom stereocenters. The van der Waals surface area contributed by atoms with Crippen molar-refractivity contribution < 1.29 is 0 Å². The summed E-state index contributed by atoms with van der Waals surface area (Å²) in [7, 11) is 0. The molecule has 0 fully saturated rings. The minimum absolute atomic E-state index is 0.0939. The number of hydrogen-bond acceptors (Lipinski definition) is 1. The van der Waals surface area contributed by atoms with Gasteiger partial charge >= 0.3 is 0 Å². The minimum atomic E-state index is 0.0939. The SMILES string of the molecule is C=CCC/C=C/C(c1ccc2ccccc2c1)c1c(C)c(C)c(C2=C(C)C(C)=C(N(c3ccc4ccccc4c3)C(C=C)CC=C)C(C)C2C)c(C)c1C. The van der Waals surface area contributed by atoms with Gasteiger partial charge in [0.1, 0.15) is 0 Å². The van der Waals surface area contributed by atoms with Gasteiger partial charge < -0.3 is 4.90 Å². The molecule has 0 bridgehead atoms. The van der Waals surface area contributed by atoms with E-state index in [1.807, 2.05) is 12.2 Å². The van der Waals surface area contributed by atoms with Gasteiger partial charge in [0.15, 0.2) is 0 Å². The van der Waals surface area contributed by atoms with E-state index >= 15 is 0 Å². The van der Waals surface area contributed by atoms with Crippen molar-refractivity contribution in [1.82, 2.24) is 0 Å². The molecule has 1 aliphatic carbocycles. The molecular weight excluding hydrogens is 651 g/mol. The van der Waals surface area contributed by atoms with Crippen LogP contribution in [0, 0.1) is 39.5 Å². The van der Waals surface area contributed by atoms with Crippen molar-refractivity contribution >= 4 is 32.8 Å². The molecule has 0 saturated heterocycles. The second-order valence-electron chi connectivity index (χ2n) is 15.5. The Balaban J connectivity index is 1.53. The molecule has 1 aliphatic rings. The molecule has 1 heteroatoms. The molecular formula is C53H59N. The van der Waals surface area contributed by atoms with Crippen LogP contribution in [0.1, 0.15) is 91.8 Å². The third-order valence-electron chi connectivity index (χ3n) is 12.5. The highest BCUT2D eigenvalue weighted by atomic mass is 15.2. The highest BCUT2D eigenvalue weighted by molar-refractivity contribution is 5.88. The predicted octanol–water partition coefficient (Wildman–Crippen LogP) is 14.9. The van der Waals surface area contributed by atoms with Gasteiger partial charge in [0, 0.05) is 23.2 Å². The van der Waals surface area contributed by atoms with Crippen LogP contribution in [0.4, 0.5) is 5.69 Å². The van der Waals surface area contributed by atoms with Gasteiger partial charge in [-0.2, -0.15) is 0 Å². The second kappa shape index (κ2) is 16.5. The molecule has 0 heterocycles. The molecule has 0 spiro atoms. The van der Waals surface area contributed by atoms with Crippen LogP contribution in [-0.2, 0) is 0 Å². The van der Waals surface area contributed by atoms with Gasteiger partial charge in [0.05, 0.1) is 6.04 Å². The summed E-state index contributed by atoms with van der Waals surface area (Å²) >= 11 is 0. The van der Waals surface area contributed by atoms with E-state index in [4.69, 9.17) is 0 Å². The van der Waals surface area contributed by atoms with E-state index in [0.29, 0.717) is 5.92 Å². The Labute approximate surface area is 325 Å². The number of nitrogens with zero attached hydrogens (tertiary/aromatic N) is 1. The van der Waals surface area contributed by atoms with Crippen molar-refractivity contribution in [3.63, 3.8) is 0 Å². The molecule has 0 aliphatic heterocycles. The molecule has 0 saturated carbocycles. The normalized spacial score (nSPS) is 17.3. The Morgan fingerprint density at radius 3 is 1.81 bits per heavy atom. The molecule has 1 nitrogen and oxygen atoms in total. The molecule has 0 amide bonds. The van der Waals surface area contributed by atoms with Gasteiger partial charge in [-0.05, 0) is 156 Å². The zero-order valence-corrected chi connectivity index (χ0v) is 34.0. The summed E-state index contributed by atoms with van der Waals surface area (Å²) in [5.74, 6) is 0.741. The number of fused-ring (bicyclic) bond motifs is 2. The summed E-state index contributed by atoms with van der Waals surface area (Å²) in [6.07, 6.45) is 13.7. The Kier molecular flexibility index (Phi) is 11.8. The Bertz CT molecular complexity index is 2290. The van der Waals surface area contributed by atoms with Crippen molar-refractivity contribution in [2.75, 3.05) is 4.90 Å². The highest BCUT2D eigenvalue weighted by Crippen LogP contribution is 2.49. The maximum Gasteiger partial charge on any atom is 0.0551 e. The summed E-state index contributed by atoms with van der Waals surface area (Å²) in [6.45, 7) is 31.5. The maximum atomic E-state index is 4.33. The molecule has 0 N–H and O–H groups in total. The van der Waals surface area contributed by atoms with Gasteiger partial charge in [-0.3, -0.25) is 0 Å². The molecule has 0 radical (unpaired) electrons. The van der Waals surface area contributed by atoms with Crippen LogP contribution in [0.25, 0.3) is 27.1 Å². The average molecular weight is 710 g/mol. The number of unbranched alkanes of at least 4 members (excludes halogenated alkanes) is 1. The fourth-order valence-corrected chi connectivity index (χ4v) is 9.13. The first-order chi connectivity index (χ1) is 26.0. The Morgan fingerprint density at radius 2 is 1.22 bits per heavy atom. The van der Waals surface area contributed by atoms with Crippen LogP contribution in [-0.4, -0.2) is 6.04 Å². The molecule has 4 atom stereocenters. The van der Waals surface area contributed by atoms with Crippen LogP contribution in [0.15, 0.2) is 152 Å². The van der Waals surface area contributed by atoms with Crippen LogP contribution >= 0.6 is 0 Å². The van der Waals surface area contributed by atoms with Gasteiger partial charge in [0.25, 0.3) is 0 Å². The lowest BCUT2D eigenvalue weighted by atomic mass is 9.69. The van der Waals surface area contributed by atoms with Crippen molar-refractivity contribution in [2.45, 2.75) is 86.6 Å². The number of anilines is 1. The first-order valence-electron chi connectivity index (χ1n) is 19.8. The van der Waals surface area contributed by atoms with Crippen molar-refractivity contribution in [1.29, 1.82) is 0 Å². The van der Waals surface area contributed by atoms with E-state index in [0.717, 1.165) is 19.3 Å². The van der Waals surface area contributed by atoms with Crippen molar-refractivity contribution in [3.8, 4) is 0 Å². The summed E-state index contributed by atoms with van der Waals surface area (Å²) in [5, 5.41) is 5.07. The lowest BCUT2D eigenvalue weighted by Crippen LogP contribution is -2.39. The van der Waals surface area contributed by atoms with Gasteiger partial charge in [-0.15, -0.1) is 19.7 Å². The minimum Gasteiger partial charge on any atom is -0.337 e. The molecule has 54 heavy (non-hydrogen) atoms. The van der Waals surface area contributed by atoms with Crippen molar-refractivity contribution in [2.24, 2.45) is 11.8 Å². The largest absolute Gasteiger partial charge is 0.337 e. The smallest absolute Gasteiger partial charge is 0.0551 e. The summed E-state index contributed by atoms with van der Waals surface area (Å²) in [4.78, 5) is 2.56. The van der Waals surface area contributed by atoms with E-state index in [9.17, 15) is 0 Å². The van der Waals surface area contributed by atoms with Crippen LogP contribution < -0.4 is 4.90 Å². The van der Waals surface area contributed by atoms with Crippen LogP contribution in [0.3, 0.4) is 0 Å². The molecule has 0 aromatic heterocycles. The first kappa shape index (κ1) is 38.6. The standard InChI is InChI=1S/C53H59N/c1-12-15-16-17-27-49(46-29-28-42-23-18-20-25-44(42)32-46)50-34(4)36(6)51(37(7)35(50)5)52-38(8)40(10)53(41(11)39(52)9)54(47(14-3)22-13-2)48-31-30-43-24-19-21-26-45(43)33-48/h12-14,17-21,23-33,38,40,47,49H,1-3,15-16,22H2,4-11H3/b27-17+. The number of rotatable bonds is 13. The fraction of sp³-hybridized carbons (Fsp3) is 0.283. The third-order valence-corrected chi connectivity index (χ3v) is 12.5. The maximum absolute atomic E-state index is 4.33. The molecule has 276 valence electrons. The van der Waals surface area contributed by atoms with Crippen LogP contribution in [0.2, 0.25) is 0 Å². The van der Waals surface area contributed by atoms with Crippen molar-refractivity contribution in [3.05, 3.63) is 191 Å². The fourth-order valence-electron chi connectivity index (χ4n) is 9.13. The van der Waals surface area contributed by atoms with Gasteiger partial charge in [0.2, 0.25) is 0 Å². The number of allylic oxidation sites excluding steroid dienone is 7. The zero-order chi connectivity index (χ0) is 38.7. The van der Waals surface area contributed by atoms with E-state index in [2.05, 4.69) is 183 Å². The van der Waals surface area contributed by atoms with Gasteiger partial charge in [-0.1, -0.05) is 117 Å². The van der Waals surface area contributed by atoms with Gasteiger partial charge in [-0.25, -0.2) is 0 Å². The quantitative estimate of drug-likeness (QED) is 0.0869. The molecule has 5 aromatic carbocycles. The Hall–Kier alpha value is -5.14. The topological polar surface area (TPSA) is 3.24 Å². The highest BCUT2D eigenvalue weighted by Gasteiger charge is 2.37. The average Bonchev–Trinajstić information content (AvgIpc) is 3.19.